The fourth-order valence-corrected chi connectivity index (χ4v) is 3.34. The van der Waals surface area contributed by atoms with E-state index in [4.69, 9.17) is 22.3 Å². The minimum absolute atomic E-state index is 0.0667. The molecule has 0 aromatic rings. The van der Waals surface area contributed by atoms with Gasteiger partial charge in [0, 0.05) is 13.0 Å². The van der Waals surface area contributed by atoms with Crippen molar-refractivity contribution < 1.29 is 34.2 Å². The van der Waals surface area contributed by atoms with Crippen molar-refractivity contribution in [1.82, 2.24) is 16.0 Å². The van der Waals surface area contributed by atoms with Crippen LogP contribution in [0.25, 0.3) is 0 Å². The predicted octanol–water partition coefficient (Wildman–Crippen LogP) is -1.14. The maximum atomic E-state index is 13.2. The topological polar surface area (TPSA) is 252 Å². The zero-order valence-electron chi connectivity index (χ0n) is 22.0. The van der Waals surface area contributed by atoms with Crippen LogP contribution in [0, 0.1) is 11.8 Å². The van der Waals surface area contributed by atoms with Gasteiger partial charge in [-0.15, -0.1) is 0 Å². The molecule has 14 nitrogen and oxygen atoms in total. The summed E-state index contributed by atoms with van der Waals surface area (Å²) in [4.78, 5) is 65.0. The highest BCUT2D eigenvalue weighted by molar-refractivity contribution is 5.94. The smallest absolute Gasteiger partial charge is 0.326 e. The van der Waals surface area contributed by atoms with Gasteiger partial charge in [0.1, 0.15) is 18.1 Å². The maximum absolute atomic E-state index is 13.2. The molecular weight excluding hydrogens is 486 g/mol. The van der Waals surface area contributed by atoms with Crippen molar-refractivity contribution in [3.05, 3.63) is 0 Å². The van der Waals surface area contributed by atoms with Gasteiger partial charge in [-0.3, -0.25) is 24.2 Å². The van der Waals surface area contributed by atoms with Crippen LogP contribution in [-0.2, 0) is 24.0 Å². The highest BCUT2D eigenvalue weighted by Gasteiger charge is 2.34. The highest BCUT2D eigenvalue weighted by Crippen LogP contribution is 2.13. The van der Waals surface area contributed by atoms with Gasteiger partial charge in [0.15, 0.2) is 5.96 Å². The van der Waals surface area contributed by atoms with Crippen LogP contribution in [0.3, 0.4) is 0 Å². The van der Waals surface area contributed by atoms with Gasteiger partial charge in [0.05, 0.1) is 6.04 Å². The van der Waals surface area contributed by atoms with E-state index in [0.29, 0.717) is 25.8 Å². The molecule has 0 aliphatic carbocycles. The average molecular weight is 530 g/mol. The molecule has 3 amide bonds. The predicted molar refractivity (Wildman–Crippen MR) is 137 cm³/mol. The van der Waals surface area contributed by atoms with Crippen LogP contribution in [0.15, 0.2) is 4.99 Å². The summed E-state index contributed by atoms with van der Waals surface area (Å²) in [6, 6.07) is -4.45. The molecule has 0 aromatic carbocycles. The van der Waals surface area contributed by atoms with E-state index in [-0.39, 0.29) is 30.6 Å². The summed E-state index contributed by atoms with van der Waals surface area (Å²) in [5.74, 6) is -5.27. The van der Waals surface area contributed by atoms with Crippen LogP contribution < -0.4 is 33.2 Å². The number of guanidine groups is 1. The fraction of sp³-hybridized carbons (Fsp3) is 0.739. The first-order valence-electron chi connectivity index (χ1n) is 12.4. The van der Waals surface area contributed by atoms with Crippen LogP contribution >= 0.6 is 0 Å². The number of nitrogens with zero attached hydrogens (tertiary/aromatic N) is 1. The minimum Gasteiger partial charge on any atom is -0.481 e. The molecule has 0 saturated heterocycles. The Morgan fingerprint density at radius 1 is 0.811 bits per heavy atom. The third-order valence-corrected chi connectivity index (χ3v) is 6.15. The summed E-state index contributed by atoms with van der Waals surface area (Å²) in [6.45, 7) is 7.41. The van der Waals surface area contributed by atoms with E-state index in [0.717, 1.165) is 0 Å². The molecule has 212 valence electrons. The average Bonchev–Trinajstić information content (AvgIpc) is 2.83. The second-order valence-corrected chi connectivity index (χ2v) is 9.13. The third-order valence-electron chi connectivity index (χ3n) is 6.15. The molecule has 0 radical (unpaired) electrons. The van der Waals surface area contributed by atoms with Crippen molar-refractivity contribution in [2.75, 3.05) is 6.54 Å². The van der Waals surface area contributed by atoms with Crippen molar-refractivity contribution >= 4 is 35.6 Å². The van der Waals surface area contributed by atoms with Gasteiger partial charge in [0.25, 0.3) is 0 Å². The molecule has 0 aromatic heterocycles. The highest BCUT2D eigenvalue weighted by atomic mass is 16.4. The second-order valence-electron chi connectivity index (χ2n) is 9.13. The Labute approximate surface area is 217 Å². The van der Waals surface area contributed by atoms with Gasteiger partial charge < -0.3 is 43.4 Å². The summed E-state index contributed by atoms with van der Waals surface area (Å²) in [5.41, 5.74) is 16.5. The van der Waals surface area contributed by atoms with Crippen LogP contribution in [0.2, 0.25) is 0 Å². The van der Waals surface area contributed by atoms with E-state index < -0.39 is 60.2 Å². The van der Waals surface area contributed by atoms with E-state index in [1.54, 1.807) is 20.8 Å². The lowest BCUT2D eigenvalue weighted by Crippen LogP contribution is -2.60. The first-order valence-corrected chi connectivity index (χ1v) is 12.4. The first-order chi connectivity index (χ1) is 17.2. The van der Waals surface area contributed by atoms with Crippen molar-refractivity contribution in [2.24, 2.45) is 34.0 Å². The number of carbonyl (C=O) groups is 5. The second kappa shape index (κ2) is 17.1. The molecule has 6 unspecified atom stereocenters. The molecule has 0 bridgehead atoms. The van der Waals surface area contributed by atoms with E-state index in [1.165, 1.54) is 0 Å². The molecule has 14 heteroatoms. The first kappa shape index (κ1) is 33.6. The summed E-state index contributed by atoms with van der Waals surface area (Å²) in [6.07, 6.45) is 0.981. The molecule has 0 aliphatic heterocycles. The van der Waals surface area contributed by atoms with E-state index in [1.807, 2.05) is 6.92 Å². The number of amides is 3. The Morgan fingerprint density at radius 3 is 1.73 bits per heavy atom. The number of hydrogen-bond donors (Lipinski definition) is 8. The van der Waals surface area contributed by atoms with Crippen LogP contribution in [0.1, 0.15) is 66.2 Å². The number of rotatable bonds is 18. The van der Waals surface area contributed by atoms with Gasteiger partial charge >= 0.3 is 11.9 Å². The molecule has 11 N–H and O–H groups in total. The quantitative estimate of drug-likeness (QED) is 0.0601. The molecule has 37 heavy (non-hydrogen) atoms. The van der Waals surface area contributed by atoms with Gasteiger partial charge in [-0.1, -0.05) is 40.5 Å². The van der Waals surface area contributed by atoms with Crippen LogP contribution in [-0.4, -0.2) is 76.5 Å². The normalized spacial score (nSPS) is 15.7. The van der Waals surface area contributed by atoms with E-state index in [2.05, 4.69) is 20.9 Å². The van der Waals surface area contributed by atoms with Gasteiger partial charge in [-0.05, 0) is 31.1 Å². The standard InChI is InChI=1S/C23H43N7O7/c1-5-12(3)17(20(34)28-15(22(36)37)9-10-16(31)32)30-21(35)18(13(4)6-2)29-19(33)14(24)8-7-11-27-23(25)26/h12-15,17-18H,5-11,24H2,1-4H3,(H,28,34)(H,29,33)(H,30,35)(H,31,32)(H,36,37)(H4,25,26,27). The Morgan fingerprint density at radius 2 is 1.30 bits per heavy atom. The third kappa shape index (κ3) is 12.9. The molecule has 0 saturated carbocycles. The lowest BCUT2D eigenvalue weighted by Gasteiger charge is -2.30. The Bertz CT molecular complexity index is 817. The molecule has 0 spiro atoms. The zero-order valence-corrected chi connectivity index (χ0v) is 22.0. The van der Waals surface area contributed by atoms with Crippen LogP contribution in [0.4, 0.5) is 0 Å². The maximum Gasteiger partial charge on any atom is 0.326 e. The molecule has 0 heterocycles. The lowest BCUT2D eigenvalue weighted by molar-refractivity contribution is -0.143. The van der Waals surface area contributed by atoms with E-state index >= 15 is 0 Å². The molecule has 6 atom stereocenters. The molecule has 0 fully saturated rings. The lowest BCUT2D eigenvalue weighted by atomic mass is 9.94. The molecule has 0 rings (SSSR count). The van der Waals surface area contributed by atoms with Crippen molar-refractivity contribution in [1.29, 1.82) is 0 Å². The Kier molecular flexibility index (Phi) is 15.5. The number of nitrogens with one attached hydrogen (secondary N) is 3. The molecule has 0 aliphatic rings. The number of carbonyl (C=O) groups excluding carboxylic acids is 3. The van der Waals surface area contributed by atoms with Crippen LogP contribution in [0.5, 0.6) is 0 Å². The number of aliphatic carboxylic acids is 2. The van der Waals surface area contributed by atoms with Gasteiger partial charge in [-0.25, -0.2) is 4.79 Å². The summed E-state index contributed by atoms with van der Waals surface area (Å²) in [5, 5.41) is 25.8. The SMILES string of the molecule is CCC(C)C(NC(=O)C(N)CCCN=C(N)N)C(=O)NC(C(=O)NC(CCC(=O)O)C(=O)O)C(C)CC. The Hall–Kier alpha value is -3.42. The summed E-state index contributed by atoms with van der Waals surface area (Å²) in [7, 11) is 0. The number of carboxylic acids is 2. The largest absolute Gasteiger partial charge is 0.481 e. The number of aliphatic imine (C=N–C) groups is 1. The van der Waals surface area contributed by atoms with Crippen molar-refractivity contribution in [2.45, 2.75) is 90.4 Å². The number of hydrogen-bond acceptors (Lipinski definition) is 7. The van der Waals surface area contributed by atoms with Crippen molar-refractivity contribution in [3.63, 3.8) is 0 Å². The fourth-order valence-electron chi connectivity index (χ4n) is 3.34. The molecular formula is C23H43N7O7. The summed E-state index contributed by atoms with van der Waals surface area (Å²) >= 11 is 0. The Balaban J connectivity index is 5.51. The number of carboxylic acid groups (broad SMARTS) is 2. The minimum atomic E-state index is -1.44. The zero-order chi connectivity index (χ0) is 28.7. The van der Waals surface area contributed by atoms with E-state index in [9.17, 15) is 29.1 Å². The summed E-state index contributed by atoms with van der Waals surface area (Å²) < 4.78 is 0. The number of nitrogens with two attached hydrogens (primary N) is 3. The monoisotopic (exact) mass is 529 g/mol. The van der Waals surface area contributed by atoms with Gasteiger partial charge in [0.2, 0.25) is 17.7 Å². The van der Waals surface area contributed by atoms with Crippen molar-refractivity contribution in [3.8, 4) is 0 Å². The van der Waals surface area contributed by atoms with Gasteiger partial charge in [-0.2, -0.15) is 0 Å².